The van der Waals surface area contributed by atoms with Crippen LogP contribution in [0.2, 0.25) is 0 Å². The fraction of sp³-hybridized carbons (Fsp3) is 0.381. The number of aromatic nitrogens is 1. The van der Waals surface area contributed by atoms with E-state index in [-0.39, 0.29) is 42.3 Å². The third-order valence-electron chi connectivity index (χ3n) is 9.98. The molecule has 292 valence electrons. The van der Waals surface area contributed by atoms with Crippen molar-refractivity contribution in [2.75, 3.05) is 26.2 Å². The Bertz CT molecular complexity index is 2000. The summed E-state index contributed by atoms with van der Waals surface area (Å²) in [7, 11) is -4.07. The molecule has 3 N–H and O–H groups in total. The summed E-state index contributed by atoms with van der Waals surface area (Å²) in [5, 5.41) is 26.8. The molecule has 0 bridgehead atoms. The summed E-state index contributed by atoms with van der Waals surface area (Å²) >= 11 is 0. The number of aliphatic hydroxyl groups is 1. The highest BCUT2D eigenvalue weighted by molar-refractivity contribution is 7.89. The molecule has 3 aromatic carbocycles. The summed E-state index contributed by atoms with van der Waals surface area (Å²) in [5.74, 6) is -0.673. The summed E-state index contributed by atoms with van der Waals surface area (Å²) in [4.78, 5) is 36.0. The Hall–Kier alpha value is -5.11. The Kier molecular flexibility index (Phi) is 14.2. The van der Waals surface area contributed by atoms with E-state index in [1.807, 2.05) is 94.4 Å². The lowest BCUT2D eigenvalue weighted by molar-refractivity contribution is -0.128. The van der Waals surface area contributed by atoms with Crippen LogP contribution >= 0.6 is 0 Å². The number of amides is 3. The topological polar surface area (TPSA) is 156 Å². The normalized spacial score (nSPS) is 15.8. The number of nitrogens with zero attached hydrogens (tertiary/aromatic N) is 5. The molecule has 0 radical (unpaired) electrons. The van der Waals surface area contributed by atoms with E-state index in [0.717, 1.165) is 22.3 Å². The number of nitrogens with one attached hydrogen (secondary N) is 1. The standard InChI is InChI=1S/C42H52N6O6S/c1-5-31(4)40(48-22-21-46(42(48)51)28-34-13-9-14-35(23-34)36-15-10-20-43-26-36)41(50)45-38(24-32-11-7-6-8-12-32)39(49)29-47(27-30(2)3)55(53,54)37-18-16-33(17-19-37)25-44-52/h6-20,23,25-26,30-31,38-40,49,52H,5,21-22,24,27-29H2,1-4H3,(H,45,50)/b44-25+/t31-,38-,39+,40-/m0/s1. The lowest BCUT2D eigenvalue weighted by atomic mass is 9.95. The van der Waals surface area contributed by atoms with E-state index in [4.69, 9.17) is 5.21 Å². The molecule has 0 unspecified atom stereocenters. The molecule has 13 heteroatoms. The quantitative estimate of drug-likeness (QED) is 0.0672. The smallest absolute Gasteiger partial charge is 0.321 e. The van der Waals surface area contributed by atoms with Gasteiger partial charge in [-0.1, -0.05) is 106 Å². The largest absolute Gasteiger partial charge is 0.411 e. The van der Waals surface area contributed by atoms with Gasteiger partial charge in [-0.05, 0) is 70.3 Å². The number of aliphatic hydroxyl groups excluding tert-OH is 1. The second-order valence-corrected chi connectivity index (χ2v) is 16.5. The van der Waals surface area contributed by atoms with Gasteiger partial charge in [-0.3, -0.25) is 9.78 Å². The van der Waals surface area contributed by atoms with Crippen molar-refractivity contribution in [1.29, 1.82) is 0 Å². The maximum absolute atomic E-state index is 14.4. The zero-order valence-corrected chi connectivity index (χ0v) is 32.7. The van der Waals surface area contributed by atoms with E-state index in [1.54, 1.807) is 22.2 Å². The maximum Gasteiger partial charge on any atom is 0.321 e. The van der Waals surface area contributed by atoms with Crippen LogP contribution in [0.3, 0.4) is 0 Å². The molecule has 3 amide bonds. The zero-order chi connectivity index (χ0) is 39.5. The molecule has 0 saturated carbocycles. The molecule has 1 saturated heterocycles. The van der Waals surface area contributed by atoms with Gasteiger partial charge in [0.25, 0.3) is 0 Å². The molecule has 0 aliphatic carbocycles. The van der Waals surface area contributed by atoms with Crippen molar-refractivity contribution in [3.8, 4) is 11.1 Å². The zero-order valence-electron chi connectivity index (χ0n) is 31.9. The molecule has 55 heavy (non-hydrogen) atoms. The first-order valence-electron chi connectivity index (χ1n) is 18.8. The highest BCUT2D eigenvalue weighted by atomic mass is 32.2. The summed E-state index contributed by atoms with van der Waals surface area (Å²) < 4.78 is 29.2. The van der Waals surface area contributed by atoms with Crippen molar-refractivity contribution in [1.82, 2.24) is 24.4 Å². The highest BCUT2D eigenvalue weighted by Gasteiger charge is 2.41. The molecule has 1 aromatic heterocycles. The molecule has 0 spiro atoms. The molecule has 5 rings (SSSR count). The Labute approximate surface area is 324 Å². The van der Waals surface area contributed by atoms with Crippen LogP contribution in [0.4, 0.5) is 4.79 Å². The predicted octanol–water partition coefficient (Wildman–Crippen LogP) is 5.64. The fourth-order valence-corrected chi connectivity index (χ4v) is 8.54. The maximum atomic E-state index is 14.4. The predicted molar refractivity (Wildman–Crippen MR) is 213 cm³/mol. The van der Waals surface area contributed by atoms with Crippen LogP contribution in [0, 0.1) is 11.8 Å². The van der Waals surface area contributed by atoms with Crippen molar-refractivity contribution >= 4 is 28.2 Å². The lowest BCUT2D eigenvalue weighted by Crippen LogP contribution is -2.57. The van der Waals surface area contributed by atoms with Gasteiger partial charge < -0.3 is 25.4 Å². The van der Waals surface area contributed by atoms with Gasteiger partial charge in [-0.15, -0.1) is 0 Å². The second kappa shape index (κ2) is 19.0. The molecule has 4 atom stereocenters. The number of sulfonamides is 1. The minimum Gasteiger partial charge on any atom is -0.411 e. The van der Waals surface area contributed by atoms with E-state index >= 15 is 0 Å². The summed E-state index contributed by atoms with van der Waals surface area (Å²) in [6.45, 7) is 8.74. The van der Waals surface area contributed by atoms with Gasteiger partial charge in [0, 0.05) is 45.1 Å². The second-order valence-electron chi connectivity index (χ2n) is 14.6. The number of hydrogen-bond acceptors (Lipinski definition) is 8. The minimum atomic E-state index is -4.07. The highest BCUT2D eigenvalue weighted by Crippen LogP contribution is 2.26. The van der Waals surface area contributed by atoms with Crippen LogP contribution in [0.15, 0.2) is 113 Å². The number of pyridine rings is 1. The van der Waals surface area contributed by atoms with Crippen molar-refractivity contribution < 1.29 is 28.3 Å². The molecule has 1 aliphatic rings. The van der Waals surface area contributed by atoms with Crippen molar-refractivity contribution in [3.63, 3.8) is 0 Å². The summed E-state index contributed by atoms with van der Waals surface area (Å²) in [6.07, 6.45) is 4.29. The number of oxime groups is 1. The molecular weight excluding hydrogens is 717 g/mol. The number of hydrogen-bond donors (Lipinski definition) is 3. The van der Waals surface area contributed by atoms with Crippen LogP contribution in [0.1, 0.15) is 50.8 Å². The number of rotatable bonds is 18. The average molecular weight is 769 g/mol. The van der Waals surface area contributed by atoms with Gasteiger partial charge in [0.05, 0.1) is 23.3 Å². The number of carbonyl (C=O) groups excluding carboxylic acids is 2. The van der Waals surface area contributed by atoms with E-state index in [0.29, 0.717) is 31.6 Å². The molecular formula is C42H52N6O6S. The number of benzene rings is 3. The minimum absolute atomic E-state index is 0.0248. The third-order valence-corrected chi connectivity index (χ3v) is 11.8. The number of urea groups is 1. The van der Waals surface area contributed by atoms with Crippen LogP contribution in [0.25, 0.3) is 11.1 Å². The molecule has 1 fully saturated rings. The van der Waals surface area contributed by atoms with E-state index in [1.165, 1.54) is 34.8 Å². The lowest BCUT2D eigenvalue weighted by Gasteiger charge is -2.35. The van der Waals surface area contributed by atoms with Crippen LogP contribution in [-0.4, -0.2) is 100 Å². The first-order valence-corrected chi connectivity index (χ1v) is 20.2. The molecule has 1 aliphatic heterocycles. The van der Waals surface area contributed by atoms with Gasteiger partial charge in [-0.2, -0.15) is 4.31 Å². The van der Waals surface area contributed by atoms with Gasteiger partial charge >= 0.3 is 6.03 Å². The van der Waals surface area contributed by atoms with Gasteiger partial charge in [-0.25, -0.2) is 13.2 Å². The summed E-state index contributed by atoms with van der Waals surface area (Å²) in [6, 6.07) is 25.3. The van der Waals surface area contributed by atoms with Crippen LogP contribution in [-0.2, 0) is 27.8 Å². The van der Waals surface area contributed by atoms with E-state index < -0.39 is 34.1 Å². The van der Waals surface area contributed by atoms with Crippen molar-refractivity contribution in [2.24, 2.45) is 17.0 Å². The van der Waals surface area contributed by atoms with Crippen LogP contribution in [0.5, 0.6) is 0 Å². The Morgan fingerprint density at radius 1 is 0.945 bits per heavy atom. The first kappa shape index (κ1) is 41.1. The first-order chi connectivity index (χ1) is 26.4. The van der Waals surface area contributed by atoms with Crippen LogP contribution < -0.4 is 5.32 Å². The number of carbonyl (C=O) groups is 2. The average Bonchev–Trinajstić information content (AvgIpc) is 3.53. The van der Waals surface area contributed by atoms with Crippen molar-refractivity contribution in [2.45, 2.75) is 70.2 Å². The van der Waals surface area contributed by atoms with E-state index in [9.17, 15) is 23.1 Å². The summed E-state index contributed by atoms with van der Waals surface area (Å²) in [5.41, 5.74) is 4.31. The molecule has 4 aromatic rings. The third kappa shape index (κ3) is 10.6. The Morgan fingerprint density at radius 2 is 1.65 bits per heavy atom. The van der Waals surface area contributed by atoms with Gasteiger partial charge in [0.1, 0.15) is 6.04 Å². The SMILES string of the molecule is CC[C@H](C)[C@@H](C(=O)N[C@@H](Cc1ccccc1)[C@H](O)CN(CC(C)C)S(=O)(=O)c1ccc(/C=N/O)cc1)N1CCN(Cc2cccc(-c3cccnc3)c2)C1=O. The Balaban J connectivity index is 1.36. The fourth-order valence-electron chi connectivity index (χ4n) is 6.91. The Morgan fingerprint density at radius 3 is 2.31 bits per heavy atom. The van der Waals surface area contributed by atoms with Gasteiger partial charge in [0.15, 0.2) is 0 Å². The monoisotopic (exact) mass is 768 g/mol. The molecule has 12 nitrogen and oxygen atoms in total. The van der Waals surface area contributed by atoms with Crippen molar-refractivity contribution in [3.05, 3.63) is 120 Å². The van der Waals surface area contributed by atoms with Gasteiger partial charge in [0.2, 0.25) is 15.9 Å². The van der Waals surface area contributed by atoms with E-state index in [2.05, 4.69) is 15.5 Å². The molecule has 2 heterocycles.